The Bertz CT molecular complexity index is 410. The zero-order valence-corrected chi connectivity index (χ0v) is 9.30. The van der Waals surface area contributed by atoms with E-state index in [1.165, 1.54) is 5.17 Å². The van der Waals surface area contributed by atoms with Crippen LogP contribution in [0.3, 0.4) is 0 Å². The van der Waals surface area contributed by atoms with Crippen LogP contribution in [-0.2, 0) is 0 Å². The molecule has 2 rings (SSSR count). The van der Waals surface area contributed by atoms with Gasteiger partial charge in [0.25, 0.3) is 0 Å². The topological polar surface area (TPSA) is 51.4 Å². The number of para-hydroxylation sites is 1. The molecule has 0 unspecified atom stereocenters. The summed E-state index contributed by atoms with van der Waals surface area (Å²) in [6.07, 6.45) is 1.65. The molecule has 1 aromatic heterocycles. The van der Waals surface area contributed by atoms with E-state index in [0.29, 0.717) is 5.88 Å². The van der Waals surface area contributed by atoms with Gasteiger partial charge in [-0.1, -0.05) is 24.3 Å². The molecule has 1 aromatic carbocycles. The summed E-state index contributed by atoms with van der Waals surface area (Å²) < 4.78 is 0. The van der Waals surface area contributed by atoms with Crippen LogP contribution in [0.2, 0.25) is 0 Å². The summed E-state index contributed by atoms with van der Waals surface area (Å²) in [5, 5.41) is 1.18. The molecule has 5 heteroatoms. The number of halogens is 1. The molecule has 0 amide bonds. The maximum absolute atomic E-state index is 5.70. The molecule has 1 heterocycles. The van der Waals surface area contributed by atoms with Gasteiger partial charge in [0, 0.05) is 12.3 Å². The average molecular weight is 238 g/mol. The lowest BCUT2D eigenvalue weighted by atomic mass is 10.3. The number of aromatic nitrogens is 1. The molecule has 0 aliphatic rings. The molecule has 0 atom stereocenters. The predicted octanol–water partition coefficient (Wildman–Crippen LogP) is 2.18. The Hall–Kier alpha value is -1.78. The van der Waals surface area contributed by atoms with Gasteiger partial charge < -0.3 is 4.84 Å². The predicted molar refractivity (Wildman–Crippen MR) is 65.2 cm³/mol. The lowest BCUT2D eigenvalue weighted by Crippen LogP contribution is -2.34. The number of hydrogen-bond acceptors (Lipinski definition) is 4. The number of nitrogens with zero attached hydrogens (tertiary/aromatic N) is 2. The van der Waals surface area contributed by atoms with Crippen molar-refractivity contribution in [1.29, 1.82) is 0 Å². The Labute approximate surface area is 100.0 Å². The van der Waals surface area contributed by atoms with Crippen molar-refractivity contribution in [3.05, 3.63) is 54.7 Å². The largest absolute Gasteiger partial charge is 0.344 e. The first-order chi connectivity index (χ1) is 7.36. The van der Waals surface area contributed by atoms with Gasteiger partial charge in [-0.25, -0.2) is 10.8 Å². The quantitative estimate of drug-likeness (QED) is 0.657. The minimum Gasteiger partial charge on any atom is -0.344 e. The van der Waals surface area contributed by atoms with E-state index in [1.807, 2.05) is 42.5 Å². The second kappa shape index (κ2) is 5.95. The van der Waals surface area contributed by atoms with E-state index in [0.717, 1.165) is 5.69 Å². The van der Waals surface area contributed by atoms with Gasteiger partial charge in [0.15, 0.2) is 0 Å². The van der Waals surface area contributed by atoms with Gasteiger partial charge in [0.1, 0.15) is 0 Å². The number of rotatable bonds is 3. The Balaban J connectivity index is 0.00000128. The molecule has 0 aliphatic heterocycles. The van der Waals surface area contributed by atoms with E-state index < -0.39 is 0 Å². The van der Waals surface area contributed by atoms with Crippen LogP contribution in [0.5, 0.6) is 5.88 Å². The van der Waals surface area contributed by atoms with Gasteiger partial charge in [-0.05, 0) is 18.2 Å². The van der Waals surface area contributed by atoms with Crippen LogP contribution in [0.15, 0.2) is 54.7 Å². The van der Waals surface area contributed by atoms with Crippen molar-refractivity contribution in [2.45, 2.75) is 0 Å². The van der Waals surface area contributed by atoms with Crippen LogP contribution in [0.4, 0.5) is 5.69 Å². The van der Waals surface area contributed by atoms with Crippen molar-refractivity contribution >= 4 is 18.1 Å². The molecule has 16 heavy (non-hydrogen) atoms. The van der Waals surface area contributed by atoms with E-state index >= 15 is 0 Å². The van der Waals surface area contributed by atoms with Crippen LogP contribution in [-0.4, -0.2) is 4.98 Å². The number of nitrogens with two attached hydrogens (primary N) is 1. The van der Waals surface area contributed by atoms with Crippen LogP contribution >= 0.6 is 12.4 Å². The zero-order valence-electron chi connectivity index (χ0n) is 8.48. The normalized spacial score (nSPS) is 9.06. The molecule has 0 aliphatic carbocycles. The lowest BCUT2D eigenvalue weighted by Gasteiger charge is -2.17. The number of anilines is 1. The van der Waals surface area contributed by atoms with Gasteiger partial charge in [0.2, 0.25) is 5.88 Å². The van der Waals surface area contributed by atoms with E-state index in [1.54, 1.807) is 12.3 Å². The Morgan fingerprint density at radius 3 is 2.31 bits per heavy atom. The highest BCUT2D eigenvalue weighted by Crippen LogP contribution is 2.12. The van der Waals surface area contributed by atoms with Crippen molar-refractivity contribution in [3.63, 3.8) is 0 Å². The smallest absolute Gasteiger partial charge is 0.247 e. The highest BCUT2D eigenvalue weighted by atomic mass is 35.5. The lowest BCUT2D eigenvalue weighted by molar-refractivity contribution is 0.271. The number of benzene rings is 1. The van der Waals surface area contributed by atoms with Crippen molar-refractivity contribution in [3.8, 4) is 5.88 Å². The van der Waals surface area contributed by atoms with Crippen molar-refractivity contribution in [2.24, 2.45) is 5.84 Å². The minimum absolute atomic E-state index is 0. The molecular formula is C11H12ClN3O. The van der Waals surface area contributed by atoms with E-state index in [-0.39, 0.29) is 12.4 Å². The third kappa shape index (κ3) is 3.12. The highest BCUT2D eigenvalue weighted by molar-refractivity contribution is 5.85. The maximum atomic E-state index is 5.70. The van der Waals surface area contributed by atoms with Gasteiger partial charge in [-0.2, -0.15) is 0 Å². The first-order valence-electron chi connectivity index (χ1n) is 4.55. The van der Waals surface area contributed by atoms with Crippen LogP contribution in [0.1, 0.15) is 0 Å². The van der Waals surface area contributed by atoms with E-state index in [2.05, 4.69) is 4.98 Å². The average Bonchev–Trinajstić information content (AvgIpc) is 2.31. The minimum atomic E-state index is 0. The first-order valence-corrected chi connectivity index (χ1v) is 4.55. The van der Waals surface area contributed by atoms with Crippen molar-refractivity contribution in [2.75, 3.05) is 5.17 Å². The zero-order chi connectivity index (χ0) is 10.5. The Morgan fingerprint density at radius 1 is 1.00 bits per heavy atom. The molecule has 4 nitrogen and oxygen atoms in total. The standard InChI is InChI=1S/C11H11N3O.ClH/c12-14(10-6-2-1-3-7-10)15-11-8-4-5-9-13-11;/h1-9H,12H2;1H. The summed E-state index contributed by atoms with van der Waals surface area (Å²) in [4.78, 5) is 9.30. The molecule has 0 bridgehead atoms. The van der Waals surface area contributed by atoms with Crippen LogP contribution < -0.4 is 15.9 Å². The Kier molecular flexibility index (Phi) is 4.57. The van der Waals surface area contributed by atoms with Gasteiger partial charge >= 0.3 is 0 Å². The summed E-state index contributed by atoms with van der Waals surface area (Å²) in [5.74, 6) is 6.16. The molecule has 2 aromatic rings. The van der Waals surface area contributed by atoms with E-state index in [9.17, 15) is 0 Å². The number of hydrazine groups is 1. The summed E-state index contributed by atoms with van der Waals surface area (Å²) in [7, 11) is 0. The third-order valence-corrected chi connectivity index (χ3v) is 1.84. The molecule has 0 saturated carbocycles. The highest BCUT2D eigenvalue weighted by Gasteiger charge is 2.02. The summed E-state index contributed by atoms with van der Waals surface area (Å²) in [6.45, 7) is 0. The summed E-state index contributed by atoms with van der Waals surface area (Å²) in [5.41, 5.74) is 0.767. The third-order valence-electron chi connectivity index (χ3n) is 1.84. The SMILES string of the molecule is Cl.NN(Oc1ccccn1)c1ccccc1. The molecule has 0 fully saturated rings. The summed E-state index contributed by atoms with van der Waals surface area (Å²) in [6, 6.07) is 14.8. The Morgan fingerprint density at radius 2 is 1.69 bits per heavy atom. The molecule has 2 N–H and O–H groups in total. The van der Waals surface area contributed by atoms with Gasteiger partial charge in [-0.3, -0.25) is 0 Å². The molecule has 0 spiro atoms. The van der Waals surface area contributed by atoms with Crippen LogP contribution in [0.25, 0.3) is 0 Å². The first kappa shape index (κ1) is 12.3. The number of hydrogen-bond donors (Lipinski definition) is 1. The van der Waals surface area contributed by atoms with Crippen LogP contribution in [0, 0.1) is 0 Å². The molecule has 0 radical (unpaired) electrons. The second-order valence-electron chi connectivity index (χ2n) is 2.92. The van der Waals surface area contributed by atoms with Gasteiger partial charge in [0.05, 0.1) is 5.69 Å². The fourth-order valence-electron chi connectivity index (χ4n) is 1.13. The fraction of sp³-hybridized carbons (Fsp3) is 0. The molecular weight excluding hydrogens is 226 g/mol. The number of pyridine rings is 1. The molecule has 0 saturated heterocycles. The van der Waals surface area contributed by atoms with Crippen molar-refractivity contribution < 1.29 is 4.84 Å². The fourth-order valence-corrected chi connectivity index (χ4v) is 1.13. The summed E-state index contributed by atoms with van der Waals surface area (Å²) >= 11 is 0. The van der Waals surface area contributed by atoms with Crippen molar-refractivity contribution in [1.82, 2.24) is 4.98 Å². The van der Waals surface area contributed by atoms with E-state index in [4.69, 9.17) is 10.7 Å². The second-order valence-corrected chi connectivity index (χ2v) is 2.92. The maximum Gasteiger partial charge on any atom is 0.247 e. The monoisotopic (exact) mass is 237 g/mol. The van der Waals surface area contributed by atoms with Gasteiger partial charge in [-0.15, -0.1) is 17.6 Å². The molecule has 84 valence electrons.